The predicted molar refractivity (Wildman–Crippen MR) is 98.8 cm³/mol. The second-order valence-electron chi connectivity index (χ2n) is 5.20. The van der Waals surface area contributed by atoms with Gasteiger partial charge in [-0.15, -0.1) is 22.7 Å². The van der Waals surface area contributed by atoms with Crippen molar-refractivity contribution < 1.29 is 0 Å². The van der Waals surface area contributed by atoms with Crippen LogP contribution in [0.4, 0.5) is 0 Å². The van der Waals surface area contributed by atoms with Crippen molar-refractivity contribution in [3.63, 3.8) is 0 Å². The third kappa shape index (κ3) is 2.83. The molecule has 0 aliphatic rings. The Kier molecular flexibility index (Phi) is 3.77. The number of benzene rings is 2. The van der Waals surface area contributed by atoms with E-state index in [0.717, 1.165) is 37.4 Å². The molecule has 0 unspecified atom stereocenters. The molecule has 4 rings (SSSR count). The summed E-state index contributed by atoms with van der Waals surface area (Å²) < 4.78 is 0. The largest absolute Gasteiger partial charge is 0.241 e. The van der Waals surface area contributed by atoms with Crippen LogP contribution >= 0.6 is 22.7 Å². The maximum atomic E-state index is 4.81. The fraction of sp³-hybridized carbons (Fsp3) is 0.0526. The Balaban J connectivity index is 1.72. The maximum Gasteiger partial charge on any atom is 0.135 e. The molecule has 0 saturated carbocycles. The molecule has 2 aromatic heterocycles. The highest BCUT2D eigenvalue weighted by molar-refractivity contribution is 7.23. The van der Waals surface area contributed by atoms with Gasteiger partial charge in [0.1, 0.15) is 10.0 Å². The van der Waals surface area contributed by atoms with E-state index in [2.05, 4.69) is 36.6 Å². The van der Waals surface area contributed by atoms with E-state index in [0.29, 0.717) is 0 Å². The van der Waals surface area contributed by atoms with Gasteiger partial charge in [0.25, 0.3) is 0 Å². The average molecular weight is 334 g/mol. The average Bonchev–Trinajstić information content (AvgIpc) is 3.23. The first-order valence-electron chi connectivity index (χ1n) is 7.35. The lowest BCUT2D eigenvalue weighted by atomic mass is 10.2. The fourth-order valence-corrected chi connectivity index (χ4v) is 4.46. The second kappa shape index (κ2) is 6.07. The van der Waals surface area contributed by atoms with Crippen LogP contribution < -0.4 is 0 Å². The van der Waals surface area contributed by atoms with Gasteiger partial charge in [0, 0.05) is 16.5 Å². The van der Waals surface area contributed by atoms with Crippen molar-refractivity contribution in [1.29, 1.82) is 0 Å². The Bertz CT molecular complexity index is 924. The van der Waals surface area contributed by atoms with Gasteiger partial charge >= 0.3 is 0 Å². The Labute approximate surface area is 143 Å². The smallest absolute Gasteiger partial charge is 0.135 e. The molecule has 0 amide bonds. The molecule has 0 fully saturated rings. The predicted octanol–water partition coefficient (Wildman–Crippen LogP) is 5.91. The Morgan fingerprint density at radius 2 is 1.39 bits per heavy atom. The number of rotatable bonds is 3. The topological polar surface area (TPSA) is 25.8 Å². The molecule has 112 valence electrons. The minimum Gasteiger partial charge on any atom is -0.241 e. The first kappa shape index (κ1) is 14.3. The Morgan fingerprint density at radius 3 is 2.09 bits per heavy atom. The molecule has 2 nitrogen and oxygen atoms in total. The van der Waals surface area contributed by atoms with Gasteiger partial charge in [-0.25, -0.2) is 9.97 Å². The molecule has 23 heavy (non-hydrogen) atoms. The maximum absolute atomic E-state index is 4.81. The van der Waals surface area contributed by atoms with E-state index < -0.39 is 0 Å². The fourth-order valence-electron chi connectivity index (χ4n) is 2.42. The molecule has 4 aromatic rings. The van der Waals surface area contributed by atoms with E-state index in [4.69, 9.17) is 9.97 Å². The number of hydrogen-bond donors (Lipinski definition) is 0. The van der Waals surface area contributed by atoms with Crippen LogP contribution in [-0.4, -0.2) is 9.97 Å². The molecule has 0 spiro atoms. The van der Waals surface area contributed by atoms with Gasteiger partial charge in [0.2, 0.25) is 0 Å². The van der Waals surface area contributed by atoms with Crippen molar-refractivity contribution in [3.05, 3.63) is 71.7 Å². The summed E-state index contributed by atoms with van der Waals surface area (Å²) in [5.41, 5.74) is 4.38. The van der Waals surface area contributed by atoms with Gasteiger partial charge in [-0.05, 0) is 6.92 Å². The Hall–Kier alpha value is -2.30. The summed E-state index contributed by atoms with van der Waals surface area (Å²) in [6.07, 6.45) is 0. The zero-order valence-corrected chi connectivity index (χ0v) is 14.2. The summed E-state index contributed by atoms with van der Waals surface area (Å²) in [5, 5.41) is 4.21. The molecule has 2 heterocycles. The molecule has 0 N–H and O–H groups in total. The SMILES string of the molecule is Cc1nc(-c2ccccc2)sc1-c1nc(-c2ccccc2)cs1. The lowest BCUT2D eigenvalue weighted by Crippen LogP contribution is -1.79. The van der Waals surface area contributed by atoms with E-state index in [1.807, 2.05) is 36.4 Å². The number of aromatic nitrogens is 2. The van der Waals surface area contributed by atoms with Crippen molar-refractivity contribution >= 4 is 22.7 Å². The summed E-state index contributed by atoms with van der Waals surface area (Å²) in [6, 6.07) is 20.6. The van der Waals surface area contributed by atoms with Crippen LogP contribution in [0.5, 0.6) is 0 Å². The van der Waals surface area contributed by atoms with Crippen molar-refractivity contribution in [2.75, 3.05) is 0 Å². The van der Waals surface area contributed by atoms with E-state index in [1.165, 1.54) is 0 Å². The Morgan fingerprint density at radius 1 is 0.739 bits per heavy atom. The minimum absolute atomic E-state index is 1.03. The van der Waals surface area contributed by atoms with Gasteiger partial charge in [-0.2, -0.15) is 0 Å². The molecule has 2 aromatic carbocycles. The summed E-state index contributed by atoms with van der Waals surface area (Å²) in [5.74, 6) is 0. The first-order valence-corrected chi connectivity index (χ1v) is 9.05. The third-order valence-corrected chi connectivity index (χ3v) is 5.79. The van der Waals surface area contributed by atoms with Gasteiger partial charge in [0.05, 0.1) is 16.3 Å². The third-order valence-electron chi connectivity index (χ3n) is 3.59. The van der Waals surface area contributed by atoms with Crippen molar-refractivity contribution in [2.24, 2.45) is 0 Å². The number of thiazole rings is 2. The highest BCUT2D eigenvalue weighted by Crippen LogP contribution is 2.37. The van der Waals surface area contributed by atoms with Gasteiger partial charge in [-0.3, -0.25) is 0 Å². The van der Waals surface area contributed by atoms with Gasteiger partial charge in [-0.1, -0.05) is 60.7 Å². The molecule has 0 radical (unpaired) electrons. The second-order valence-corrected chi connectivity index (χ2v) is 7.06. The van der Waals surface area contributed by atoms with Crippen LogP contribution in [0.2, 0.25) is 0 Å². The standard InChI is InChI=1S/C19H14N2S2/c1-13-17(23-18(20-13)15-10-6-3-7-11-15)19-21-16(12-22-19)14-8-4-2-5-9-14/h2-12H,1H3. The zero-order valence-electron chi connectivity index (χ0n) is 12.6. The molecule has 0 saturated heterocycles. The van der Waals surface area contributed by atoms with Crippen LogP contribution in [0.1, 0.15) is 5.69 Å². The van der Waals surface area contributed by atoms with Crippen LogP contribution in [0, 0.1) is 6.92 Å². The van der Waals surface area contributed by atoms with Crippen molar-refractivity contribution in [3.8, 4) is 31.7 Å². The normalized spacial score (nSPS) is 10.8. The quantitative estimate of drug-likeness (QED) is 0.465. The van der Waals surface area contributed by atoms with E-state index in [-0.39, 0.29) is 0 Å². The monoisotopic (exact) mass is 334 g/mol. The van der Waals surface area contributed by atoms with Gasteiger partial charge in [0.15, 0.2) is 0 Å². The molecule has 0 bridgehead atoms. The zero-order chi connectivity index (χ0) is 15.6. The lowest BCUT2D eigenvalue weighted by Gasteiger charge is -1.94. The van der Waals surface area contributed by atoms with Crippen molar-refractivity contribution in [2.45, 2.75) is 6.92 Å². The molecule has 0 aliphatic carbocycles. The molecule has 0 aliphatic heterocycles. The summed E-state index contributed by atoms with van der Waals surface area (Å²) in [6.45, 7) is 2.06. The van der Waals surface area contributed by atoms with Crippen LogP contribution in [0.3, 0.4) is 0 Å². The summed E-state index contributed by atoms with van der Waals surface area (Å²) in [4.78, 5) is 10.7. The lowest BCUT2D eigenvalue weighted by molar-refractivity contribution is 1.26. The van der Waals surface area contributed by atoms with Crippen molar-refractivity contribution in [1.82, 2.24) is 9.97 Å². The first-order chi connectivity index (χ1) is 11.3. The summed E-state index contributed by atoms with van der Waals surface area (Å²) in [7, 11) is 0. The van der Waals surface area contributed by atoms with E-state index >= 15 is 0 Å². The van der Waals surface area contributed by atoms with Gasteiger partial charge < -0.3 is 0 Å². The highest BCUT2D eigenvalue weighted by atomic mass is 32.1. The van der Waals surface area contributed by atoms with E-state index in [1.54, 1.807) is 22.7 Å². The highest BCUT2D eigenvalue weighted by Gasteiger charge is 2.14. The molecule has 0 atom stereocenters. The number of hydrogen-bond acceptors (Lipinski definition) is 4. The summed E-state index contributed by atoms with van der Waals surface area (Å²) >= 11 is 3.39. The molecular weight excluding hydrogens is 320 g/mol. The van der Waals surface area contributed by atoms with Crippen LogP contribution in [-0.2, 0) is 0 Å². The number of aryl methyl sites for hydroxylation is 1. The van der Waals surface area contributed by atoms with Crippen LogP contribution in [0.15, 0.2) is 66.0 Å². The molecular formula is C19H14N2S2. The van der Waals surface area contributed by atoms with Crippen LogP contribution in [0.25, 0.3) is 31.7 Å². The minimum atomic E-state index is 1.03. The number of nitrogens with zero attached hydrogens (tertiary/aromatic N) is 2. The molecule has 4 heteroatoms. The van der Waals surface area contributed by atoms with E-state index in [9.17, 15) is 0 Å².